The summed E-state index contributed by atoms with van der Waals surface area (Å²) in [5.41, 5.74) is 41.6. The summed E-state index contributed by atoms with van der Waals surface area (Å²) in [6, 6.07) is 0. The summed E-state index contributed by atoms with van der Waals surface area (Å²) in [6.07, 6.45) is -1.99. The first-order valence-electron chi connectivity index (χ1n) is 5.54. The van der Waals surface area contributed by atoms with E-state index >= 15 is 0 Å². The molecule has 0 saturated heterocycles. The minimum atomic E-state index is -0.497. The fourth-order valence-electron chi connectivity index (χ4n) is 0.671. The third-order valence-corrected chi connectivity index (χ3v) is 1.63. The Morgan fingerprint density at radius 3 is 0.667 bits per heavy atom. The van der Waals surface area contributed by atoms with Crippen LogP contribution >= 0.6 is 0 Å². The molecule has 0 aromatic carbocycles. The van der Waals surface area contributed by atoms with Crippen molar-refractivity contribution in [1.82, 2.24) is 0 Å². The first-order valence-corrected chi connectivity index (χ1v) is 5.54. The zero-order valence-corrected chi connectivity index (χ0v) is 19.3. The zero-order valence-electron chi connectivity index (χ0n) is 12.8. The van der Waals surface area contributed by atoms with E-state index < -0.39 is 24.9 Å². The predicted octanol–water partition coefficient (Wildman–Crippen LogP) is -20.0. The van der Waals surface area contributed by atoms with Crippen LogP contribution < -0.4 is 108 Å². The van der Waals surface area contributed by atoms with Gasteiger partial charge in [-0.05, 0) is 0 Å². The van der Waals surface area contributed by atoms with Crippen LogP contribution in [0.2, 0.25) is 0 Å². The van der Waals surface area contributed by atoms with Crippen LogP contribution in [0.15, 0.2) is 0 Å². The molecule has 0 aromatic heterocycles. The van der Waals surface area contributed by atoms with Gasteiger partial charge in [-0.25, -0.2) is 0 Å². The van der Waals surface area contributed by atoms with Gasteiger partial charge in [-0.2, -0.15) is 0 Å². The van der Waals surface area contributed by atoms with Crippen LogP contribution in [0.25, 0.3) is 0 Å². The Hall–Kier alpha value is 1.71. The monoisotopic (exact) mass is 630 g/mol. The van der Waals surface area contributed by atoms with Crippen LogP contribution in [0, 0.1) is 0 Å². The molecule has 159 valence electrons. The van der Waals surface area contributed by atoms with Crippen molar-refractivity contribution in [2.24, 2.45) is 45.9 Å². The molecule has 24 heavy (non-hydrogen) atoms. The summed E-state index contributed by atoms with van der Waals surface area (Å²) < 4.78 is 9.71. The fourth-order valence-corrected chi connectivity index (χ4v) is 0.671. The molecule has 0 bridgehead atoms. The summed E-state index contributed by atoms with van der Waals surface area (Å²) in [6.45, 7) is 1.03. The van der Waals surface area contributed by atoms with E-state index in [1.807, 2.05) is 0 Å². The van der Waals surface area contributed by atoms with Crippen molar-refractivity contribution >= 4 is 0 Å². The van der Waals surface area contributed by atoms with Crippen LogP contribution in [0.3, 0.4) is 0 Å². The average Bonchev–Trinajstić information content (AvgIpc) is 2.38. The molecule has 0 aromatic rings. The van der Waals surface area contributed by atoms with Crippen molar-refractivity contribution in [3.63, 3.8) is 0 Å². The van der Waals surface area contributed by atoms with E-state index in [0.717, 1.165) is 0 Å². The smallest absolute Gasteiger partial charge is 0.120 e. The second-order valence-electron chi connectivity index (χ2n) is 3.37. The maximum absolute atomic E-state index is 5.27. The van der Waals surface area contributed by atoms with Crippen LogP contribution in [-0.4, -0.2) is 51.1 Å². The van der Waals surface area contributed by atoms with E-state index in [-0.39, 0.29) is 109 Å². The molecule has 0 spiro atoms. The first kappa shape index (κ1) is 50.1. The van der Waals surface area contributed by atoms with Gasteiger partial charge in [0.05, 0.1) is 0 Å². The van der Waals surface area contributed by atoms with Crippen molar-refractivity contribution in [2.45, 2.75) is 24.9 Å². The van der Waals surface area contributed by atoms with Crippen LogP contribution in [-0.2, 0) is 29.9 Å². The van der Waals surface area contributed by atoms with Gasteiger partial charge in [0.15, 0.2) is 0 Å². The van der Waals surface area contributed by atoms with Gasteiger partial charge < -0.3 is 117 Å². The molecule has 0 aliphatic carbocycles. The molecule has 0 saturated carbocycles. The first-order chi connectivity index (χ1) is 8.40. The Morgan fingerprint density at radius 1 is 0.458 bits per heavy atom. The average molecular weight is 632 g/mol. The molecule has 0 rings (SSSR count). The molecule has 16 heteroatoms. The Balaban J connectivity index is -0.0000000284. The normalized spacial score (nSPS) is 13.0. The number of hydrogen-bond donors (Lipinski definition) is 8. The summed E-state index contributed by atoms with van der Waals surface area (Å²) in [4.78, 5) is 0. The molecule has 4 unspecified atom stereocenters. The van der Waals surface area contributed by atoms with Gasteiger partial charge in [0.1, 0.15) is 24.9 Å². The van der Waals surface area contributed by atoms with Crippen molar-refractivity contribution in [3.05, 3.63) is 0 Å². The number of ether oxygens (including phenoxy) is 2. The van der Waals surface area contributed by atoms with Crippen LogP contribution in [0.4, 0.5) is 0 Å². The molecule has 16 N–H and O–H groups in total. The molecular formula is C8H28Cl5N8O2Re-5. The number of hydrogen-bond acceptors (Lipinski definition) is 10. The molecule has 10 nitrogen and oxygen atoms in total. The Bertz CT molecular complexity index is 165. The standard InChI is InChI=1S/2C4H14N4O.5ClH.Re/c2*5-1-3(7)9-4(8)2-6;;;;;;/h2*3-4H,1-2,5-8H2;5*1H;/p-5. The number of halogens is 5. The molecule has 0 aliphatic rings. The quantitative estimate of drug-likeness (QED) is 0.118. The van der Waals surface area contributed by atoms with Crippen LogP contribution in [0.1, 0.15) is 0 Å². The maximum atomic E-state index is 5.27. The summed E-state index contributed by atoms with van der Waals surface area (Å²) in [5, 5.41) is 0. The predicted molar refractivity (Wildman–Crippen MR) is 70.3 cm³/mol. The minimum absolute atomic E-state index is 0. The summed E-state index contributed by atoms with van der Waals surface area (Å²) in [5.74, 6) is 0. The zero-order chi connectivity index (χ0) is 14.6. The minimum Gasteiger partial charge on any atom is -1.00 e. The Morgan fingerprint density at radius 2 is 0.583 bits per heavy atom. The molecular weight excluding hydrogens is 604 g/mol. The van der Waals surface area contributed by atoms with Crippen molar-refractivity contribution in [1.29, 1.82) is 0 Å². The van der Waals surface area contributed by atoms with Crippen LogP contribution in [0.5, 0.6) is 0 Å². The summed E-state index contributed by atoms with van der Waals surface area (Å²) >= 11 is 0. The van der Waals surface area contributed by atoms with Gasteiger partial charge in [-0.3, -0.25) is 0 Å². The third kappa shape index (κ3) is 39.0. The third-order valence-electron chi connectivity index (χ3n) is 1.63. The van der Waals surface area contributed by atoms with E-state index in [9.17, 15) is 0 Å². The molecule has 0 heterocycles. The SMILES string of the molecule is NCC(N)OC(N)CN.NCC(N)OC(N)CN.[Cl-].[Cl-].[Cl-].[Cl-].[Cl-].[Re]. The van der Waals surface area contributed by atoms with Gasteiger partial charge >= 0.3 is 0 Å². The van der Waals surface area contributed by atoms with E-state index in [1.165, 1.54) is 0 Å². The Kier molecular flexibility index (Phi) is 74.6. The van der Waals surface area contributed by atoms with E-state index in [0.29, 0.717) is 0 Å². The van der Waals surface area contributed by atoms with Gasteiger partial charge in [-0.1, -0.05) is 0 Å². The van der Waals surface area contributed by atoms with Gasteiger partial charge in [0.2, 0.25) is 0 Å². The van der Waals surface area contributed by atoms with E-state index in [1.54, 1.807) is 0 Å². The summed E-state index contributed by atoms with van der Waals surface area (Å²) in [7, 11) is 0. The topological polar surface area (TPSA) is 227 Å². The second kappa shape index (κ2) is 35.8. The Labute approximate surface area is 188 Å². The van der Waals surface area contributed by atoms with Gasteiger partial charge in [-0.15, -0.1) is 0 Å². The largest absolute Gasteiger partial charge is 1.00 e. The van der Waals surface area contributed by atoms with Gasteiger partial charge in [0.25, 0.3) is 0 Å². The van der Waals surface area contributed by atoms with Gasteiger partial charge in [0, 0.05) is 46.6 Å². The maximum Gasteiger partial charge on any atom is 0.120 e. The van der Waals surface area contributed by atoms with Crippen molar-refractivity contribution < 1.29 is 91.9 Å². The van der Waals surface area contributed by atoms with E-state index in [4.69, 9.17) is 55.3 Å². The number of nitrogens with two attached hydrogens (primary N) is 8. The molecule has 1 radical (unpaired) electrons. The molecule has 0 aliphatic heterocycles. The molecule has 0 fully saturated rings. The number of rotatable bonds is 8. The second-order valence-corrected chi connectivity index (χ2v) is 3.37. The van der Waals surface area contributed by atoms with Crippen molar-refractivity contribution in [3.8, 4) is 0 Å². The molecule has 0 amide bonds. The fraction of sp³-hybridized carbons (Fsp3) is 1.00. The van der Waals surface area contributed by atoms with Crippen molar-refractivity contribution in [2.75, 3.05) is 26.2 Å². The molecule has 4 atom stereocenters. The van der Waals surface area contributed by atoms with E-state index in [2.05, 4.69) is 0 Å².